The van der Waals surface area contributed by atoms with E-state index in [9.17, 15) is 24.8 Å². The lowest BCUT2D eigenvalue weighted by atomic mass is 10.2. The first kappa shape index (κ1) is 23.8. The van der Waals surface area contributed by atoms with Crippen LogP contribution in [0, 0.1) is 17.0 Å². The summed E-state index contributed by atoms with van der Waals surface area (Å²) >= 11 is 0. The number of phenolic OH excluding ortho intramolecular Hbond substituents is 1. The van der Waals surface area contributed by atoms with E-state index in [1.807, 2.05) is 0 Å². The Morgan fingerprint density at radius 1 is 0.970 bits per heavy atom. The highest BCUT2D eigenvalue weighted by atomic mass is 16.6. The summed E-state index contributed by atoms with van der Waals surface area (Å²) in [6.45, 7) is 3.92. The maximum Gasteiger partial charge on any atom is 0.269 e. The first-order valence-electron chi connectivity index (χ1n) is 10.7. The van der Waals surface area contributed by atoms with Crippen molar-refractivity contribution in [3.05, 3.63) is 58.1 Å². The van der Waals surface area contributed by atoms with Crippen LogP contribution in [0.4, 0.5) is 5.69 Å². The molecule has 1 aliphatic heterocycles. The van der Waals surface area contributed by atoms with Gasteiger partial charge in [0.25, 0.3) is 5.69 Å². The Bertz CT molecular complexity index is 1000. The van der Waals surface area contributed by atoms with Crippen molar-refractivity contribution in [3.8, 4) is 17.2 Å². The van der Waals surface area contributed by atoms with Crippen LogP contribution in [0.1, 0.15) is 18.4 Å². The van der Waals surface area contributed by atoms with E-state index in [0.717, 1.165) is 0 Å². The normalized spacial score (nSPS) is 13.5. The molecule has 0 radical (unpaired) electrons. The molecule has 2 amide bonds. The van der Waals surface area contributed by atoms with E-state index in [2.05, 4.69) is 0 Å². The van der Waals surface area contributed by atoms with Gasteiger partial charge in [0, 0.05) is 44.4 Å². The van der Waals surface area contributed by atoms with Gasteiger partial charge in [-0.1, -0.05) is 6.07 Å². The first-order valence-corrected chi connectivity index (χ1v) is 10.7. The number of ether oxygens (including phenoxy) is 2. The third-order valence-corrected chi connectivity index (χ3v) is 5.33. The molecule has 2 aromatic rings. The number of nitro benzene ring substituents is 1. The number of benzene rings is 2. The number of nitrogens with zero attached hydrogens (tertiary/aromatic N) is 3. The minimum Gasteiger partial charge on any atom is -0.508 e. The number of hydrogen-bond acceptors (Lipinski definition) is 7. The second-order valence-electron chi connectivity index (χ2n) is 7.66. The molecule has 33 heavy (non-hydrogen) atoms. The smallest absolute Gasteiger partial charge is 0.269 e. The number of non-ortho nitro benzene ring substituents is 1. The lowest BCUT2D eigenvalue weighted by molar-refractivity contribution is -0.384. The number of piperazine rings is 1. The van der Waals surface area contributed by atoms with Crippen LogP contribution < -0.4 is 9.47 Å². The average molecular weight is 457 g/mol. The molecule has 0 spiro atoms. The number of aryl methyl sites for hydroxylation is 1. The molecule has 10 nitrogen and oxygen atoms in total. The minimum atomic E-state index is -0.466. The molecule has 2 aromatic carbocycles. The van der Waals surface area contributed by atoms with Crippen molar-refractivity contribution in [1.29, 1.82) is 0 Å². The first-order chi connectivity index (χ1) is 15.8. The van der Waals surface area contributed by atoms with Crippen molar-refractivity contribution < 1.29 is 29.1 Å². The zero-order valence-electron chi connectivity index (χ0n) is 18.4. The second kappa shape index (κ2) is 11.2. The quantitative estimate of drug-likeness (QED) is 0.453. The molecule has 0 aromatic heterocycles. The maximum absolute atomic E-state index is 12.5. The number of amides is 2. The van der Waals surface area contributed by atoms with E-state index in [1.54, 1.807) is 34.9 Å². The van der Waals surface area contributed by atoms with E-state index in [1.165, 1.54) is 24.3 Å². The number of nitro groups is 1. The molecule has 176 valence electrons. The van der Waals surface area contributed by atoms with Crippen LogP contribution in [0.2, 0.25) is 0 Å². The van der Waals surface area contributed by atoms with Crippen molar-refractivity contribution in [2.75, 3.05) is 39.4 Å². The van der Waals surface area contributed by atoms with Gasteiger partial charge in [-0.3, -0.25) is 19.7 Å². The van der Waals surface area contributed by atoms with Crippen LogP contribution in [0.5, 0.6) is 17.2 Å². The highest BCUT2D eigenvalue weighted by molar-refractivity contribution is 5.78. The molecule has 0 aliphatic carbocycles. The van der Waals surface area contributed by atoms with Gasteiger partial charge in [-0.15, -0.1) is 0 Å². The number of phenols is 1. The van der Waals surface area contributed by atoms with E-state index >= 15 is 0 Å². The number of hydrogen-bond donors (Lipinski definition) is 1. The summed E-state index contributed by atoms with van der Waals surface area (Å²) in [6.07, 6.45) is 0.397. The highest BCUT2D eigenvalue weighted by Crippen LogP contribution is 2.23. The molecule has 0 bridgehead atoms. The molecular formula is C23H27N3O7. The van der Waals surface area contributed by atoms with Crippen LogP contribution in [0.25, 0.3) is 0 Å². The number of aromatic hydroxyl groups is 1. The zero-order chi connectivity index (χ0) is 23.8. The number of rotatable bonds is 9. The van der Waals surface area contributed by atoms with Crippen LogP contribution in [0.15, 0.2) is 42.5 Å². The molecule has 0 atom stereocenters. The molecule has 1 fully saturated rings. The SMILES string of the molecule is Cc1cc([N+](=O)[O-])ccc1OCCC(=O)N1CCN(C(=O)CCOc2cccc(O)c2)CC1. The topological polar surface area (TPSA) is 122 Å². The summed E-state index contributed by atoms with van der Waals surface area (Å²) in [5.74, 6) is 1.02. The predicted molar refractivity (Wildman–Crippen MR) is 119 cm³/mol. The van der Waals surface area contributed by atoms with Gasteiger partial charge < -0.3 is 24.4 Å². The summed E-state index contributed by atoms with van der Waals surface area (Å²) in [5.41, 5.74) is 0.631. The Balaban J connectivity index is 1.35. The molecule has 0 saturated carbocycles. The fourth-order valence-corrected chi connectivity index (χ4v) is 3.51. The van der Waals surface area contributed by atoms with Crippen molar-refractivity contribution in [1.82, 2.24) is 9.80 Å². The van der Waals surface area contributed by atoms with Crippen molar-refractivity contribution >= 4 is 17.5 Å². The summed E-state index contributed by atoms with van der Waals surface area (Å²) < 4.78 is 11.1. The van der Waals surface area contributed by atoms with Gasteiger partial charge in [-0.25, -0.2) is 0 Å². The summed E-state index contributed by atoms with van der Waals surface area (Å²) in [6, 6.07) is 10.7. The van der Waals surface area contributed by atoms with E-state index < -0.39 is 4.92 Å². The number of carbonyl (C=O) groups excluding carboxylic acids is 2. The Morgan fingerprint density at radius 3 is 2.12 bits per heavy atom. The largest absolute Gasteiger partial charge is 0.508 e. The predicted octanol–water partition coefficient (Wildman–Crippen LogP) is 2.52. The third-order valence-electron chi connectivity index (χ3n) is 5.33. The summed E-state index contributed by atoms with van der Waals surface area (Å²) in [5, 5.41) is 20.2. The maximum atomic E-state index is 12.5. The standard InChI is InChI=1S/C23H27N3O7/c1-17-15-18(26(30)31)5-6-21(17)33-14-8-23(29)25-11-9-24(10-12-25)22(28)7-13-32-20-4-2-3-19(27)16-20/h2-6,15-16,27H,7-14H2,1H3. The van der Waals surface area contributed by atoms with Gasteiger partial charge in [-0.05, 0) is 30.7 Å². The molecule has 1 N–H and O–H groups in total. The molecular weight excluding hydrogens is 430 g/mol. The number of carbonyl (C=O) groups is 2. The van der Waals surface area contributed by atoms with Gasteiger partial charge in [0.15, 0.2) is 0 Å². The highest BCUT2D eigenvalue weighted by Gasteiger charge is 2.24. The van der Waals surface area contributed by atoms with Gasteiger partial charge in [-0.2, -0.15) is 0 Å². The summed E-state index contributed by atoms with van der Waals surface area (Å²) in [7, 11) is 0. The van der Waals surface area contributed by atoms with E-state index in [-0.39, 0.29) is 49.3 Å². The monoisotopic (exact) mass is 457 g/mol. The van der Waals surface area contributed by atoms with Gasteiger partial charge in [0.1, 0.15) is 17.2 Å². The van der Waals surface area contributed by atoms with Crippen LogP contribution in [0.3, 0.4) is 0 Å². The van der Waals surface area contributed by atoms with E-state index in [0.29, 0.717) is 43.2 Å². The zero-order valence-corrected chi connectivity index (χ0v) is 18.4. The summed E-state index contributed by atoms with van der Waals surface area (Å²) in [4.78, 5) is 38.6. The molecule has 1 heterocycles. The second-order valence-corrected chi connectivity index (χ2v) is 7.66. The molecule has 0 unspecified atom stereocenters. The Kier molecular flexibility index (Phi) is 8.06. The van der Waals surface area contributed by atoms with Crippen LogP contribution in [-0.4, -0.2) is 71.0 Å². The van der Waals surface area contributed by atoms with Crippen molar-refractivity contribution in [2.45, 2.75) is 19.8 Å². The van der Waals surface area contributed by atoms with Gasteiger partial charge in [0.2, 0.25) is 11.8 Å². The lowest BCUT2D eigenvalue weighted by Crippen LogP contribution is -2.51. The van der Waals surface area contributed by atoms with E-state index in [4.69, 9.17) is 9.47 Å². The Morgan fingerprint density at radius 2 is 1.58 bits per heavy atom. The third kappa shape index (κ3) is 6.83. The van der Waals surface area contributed by atoms with Crippen LogP contribution in [-0.2, 0) is 9.59 Å². The average Bonchev–Trinajstić information content (AvgIpc) is 2.80. The molecule has 10 heteroatoms. The minimum absolute atomic E-state index is 0.00531. The van der Waals surface area contributed by atoms with Crippen LogP contribution >= 0.6 is 0 Å². The fourth-order valence-electron chi connectivity index (χ4n) is 3.51. The van der Waals surface area contributed by atoms with Crippen molar-refractivity contribution in [3.63, 3.8) is 0 Å². The molecule has 3 rings (SSSR count). The van der Waals surface area contributed by atoms with Crippen molar-refractivity contribution in [2.24, 2.45) is 0 Å². The Labute approximate surface area is 191 Å². The fraction of sp³-hybridized carbons (Fsp3) is 0.391. The van der Waals surface area contributed by atoms with Gasteiger partial charge in [0.05, 0.1) is 31.0 Å². The molecule has 1 saturated heterocycles. The Hall–Kier alpha value is -3.82. The van der Waals surface area contributed by atoms with Gasteiger partial charge >= 0.3 is 0 Å². The molecule has 1 aliphatic rings. The lowest BCUT2D eigenvalue weighted by Gasteiger charge is -2.35.